The molecular formula is C16H28IN3O2S. The van der Waals surface area contributed by atoms with Crippen LogP contribution in [-0.2, 0) is 16.4 Å². The lowest BCUT2D eigenvalue weighted by atomic mass is 10.1. The molecule has 7 heteroatoms. The van der Waals surface area contributed by atoms with E-state index in [0.717, 1.165) is 6.54 Å². The van der Waals surface area contributed by atoms with Gasteiger partial charge in [0.2, 0.25) is 0 Å². The van der Waals surface area contributed by atoms with Crippen molar-refractivity contribution in [1.29, 1.82) is 0 Å². The van der Waals surface area contributed by atoms with Crippen molar-refractivity contribution in [2.24, 2.45) is 4.99 Å². The molecule has 0 saturated carbocycles. The number of hydrogen-bond acceptors (Lipinski definition) is 3. The topological polar surface area (TPSA) is 70.6 Å². The van der Waals surface area contributed by atoms with Gasteiger partial charge >= 0.3 is 0 Å². The van der Waals surface area contributed by atoms with E-state index in [1.807, 2.05) is 26.0 Å². The minimum atomic E-state index is -2.93. The predicted octanol–water partition coefficient (Wildman–Crippen LogP) is 2.49. The van der Waals surface area contributed by atoms with Gasteiger partial charge in [-0.1, -0.05) is 24.3 Å². The molecule has 0 fully saturated rings. The summed E-state index contributed by atoms with van der Waals surface area (Å²) in [5, 5.41) is 6.44. The second-order valence-corrected chi connectivity index (χ2v) is 7.85. The third-order valence-electron chi connectivity index (χ3n) is 3.32. The average molecular weight is 453 g/mol. The summed E-state index contributed by atoms with van der Waals surface area (Å²) in [4.78, 5) is 4.57. The molecule has 0 spiro atoms. The van der Waals surface area contributed by atoms with Gasteiger partial charge in [-0.3, -0.25) is 0 Å². The lowest BCUT2D eigenvalue weighted by Gasteiger charge is -2.17. The molecule has 0 radical (unpaired) electrons. The molecule has 0 aliphatic heterocycles. The second kappa shape index (κ2) is 10.9. The maximum absolute atomic E-state index is 11.2. The van der Waals surface area contributed by atoms with Crippen molar-refractivity contribution >= 4 is 39.8 Å². The van der Waals surface area contributed by atoms with Gasteiger partial charge in [-0.25, -0.2) is 13.4 Å². The van der Waals surface area contributed by atoms with Crippen molar-refractivity contribution in [3.8, 4) is 0 Å². The summed E-state index contributed by atoms with van der Waals surface area (Å²) in [5.41, 5.74) is 2.40. The molecule has 1 aromatic carbocycles. The summed E-state index contributed by atoms with van der Waals surface area (Å²) in [7, 11) is -2.93. The summed E-state index contributed by atoms with van der Waals surface area (Å²) >= 11 is 0. The Morgan fingerprint density at radius 1 is 1.30 bits per heavy atom. The number of rotatable bonds is 7. The summed E-state index contributed by atoms with van der Waals surface area (Å²) in [6.07, 6.45) is 1.82. The number of sulfone groups is 1. The van der Waals surface area contributed by atoms with Crippen LogP contribution in [0.5, 0.6) is 0 Å². The summed E-state index contributed by atoms with van der Waals surface area (Å²) in [5.74, 6) is 0.894. The first-order chi connectivity index (χ1) is 10.3. The molecular weight excluding hydrogens is 425 g/mol. The molecule has 1 aromatic rings. The molecule has 23 heavy (non-hydrogen) atoms. The van der Waals surface area contributed by atoms with E-state index in [-0.39, 0.29) is 35.8 Å². The van der Waals surface area contributed by atoms with Crippen LogP contribution in [0.2, 0.25) is 0 Å². The van der Waals surface area contributed by atoms with Crippen LogP contribution in [-0.4, -0.2) is 39.0 Å². The standard InChI is InChI=1S/C16H27N3O2S.HI/c1-5-17-16(19-14(3)10-11-22(4,20)21)18-12-15-9-7-6-8-13(15)2;/h6-9,14H,5,10-12H2,1-4H3,(H2,17,18,19);1H. The molecule has 5 nitrogen and oxygen atoms in total. The molecule has 0 amide bonds. The summed E-state index contributed by atoms with van der Waals surface area (Å²) < 4.78 is 22.4. The molecule has 0 aliphatic rings. The number of benzene rings is 1. The Balaban J connectivity index is 0.00000484. The fourth-order valence-corrected chi connectivity index (χ4v) is 2.75. The minimum absolute atomic E-state index is 0. The molecule has 0 aliphatic carbocycles. The van der Waals surface area contributed by atoms with E-state index in [4.69, 9.17) is 0 Å². The van der Waals surface area contributed by atoms with Crippen LogP contribution in [0, 0.1) is 6.92 Å². The Morgan fingerprint density at radius 2 is 1.96 bits per heavy atom. The van der Waals surface area contributed by atoms with E-state index >= 15 is 0 Å². The highest BCUT2D eigenvalue weighted by Crippen LogP contribution is 2.08. The smallest absolute Gasteiger partial charge is 0.191 e. The zero-order valence-electron chi connectivity index (χ0n) is 14.3. The largest absolute Gasteiger partial charge is 0.357 e. The van der Waals surface area contributed by atoms with Crippen LogP contribution >= 0.6 is 24.0 Å². The number of nitrogens with one attached hydrogen (secondary N) is 2. The van der Waals surface area contributed by atoms with Gasteiger partial charge in [0.15, 0.2) is 5.96 Å². The lowest BCUT2D eigenvalue weighted by molar-refractivity contribution is 0.581. The van der Waals surface area contributed by atoms with Gasteiger partial charge in [0.05, 0.1) is 12.3 Å². The van der Waals surface area contributed by atoms with E-state index in [2.05, 4.69) is 34.7 Å². The number of halogens is 1. The Labute approximate surface area is 157 Å². The van der Waals surface area contributed by atoms with E-state index < -0.39 is 9.84 Å². The number of nitrogens with zero attached hydrogens (tertiary/aromatic N) is 1. The van der Waals surface area contributed by atoms with E-state index in [1.54, 1.807) is 0 Å². The van der Waals surface area contributed by atoms with Crippen molar-refractivity contribution < 1.29 is 8.42 Å². The highest BCUT2D eigenvalue weighted by atomic mass is 127. The highest BCUT2D eigenvalue weighted by Gasteiger charge is 2.09. The third kappa shape index (κ3) is 9.80. The van der Waals surface area contributed by atoms with Crippen LogP contribution in [0.15, 0.2) is 29.3 Å². The third-order valence-corrected chi connectivity index (χ3v) is 4.30. The van der Waals surface area contributed by atoms with Crippen LogP contribution in [0.4, 0.5) is 0 Å². The molecule has 0 saturated heterocycles. The quantitative estimate of drug-likeness (QED) is 0.378. The van der Waals surface area contributed by atoms with Gasteiger partial charge in [0.1, 0.15) is 9.84 Å². The number of guanidine groups is 1. The van der Waals surface area contributed by atoms with Crippen molar-refractivity contribution in [3.63, 3.8) is 0 Å². The van der Waals surface area contributed by atoms with Crippen molar-refractivity contribution in [3.05, 3.63) is 35.4 Å². The first-order valence-electron chi connectivity index (χ1n) is 7.59. The Hall–Kier alpha value is -0.830. The first kappa shape index (κ1) is 22.2. The zero-order valence-corrected chi connectivity index (χ0v) is 17.4. The van der Waals surface area contributed by atoms with Gasteiger partial charge in [-0.2, -0.15) is 0 Å². The van der Waals surface area contributed by atoms with Crippen LogP contribution < -0.4 is 10.6 Å². The van der Waals surface area contributed by atoms with Crippen molar-refractivity contribution in [2.45, 2.75) is 39.8 Å². The Kier molecular flexibility index (Phi) is 10.5. The molecule has 0 heterocycles. The number of hydrogen-bond donors (Lipinski definition) is 2. The SMILES string of the molecule is CCNC(=NCc1ccccc1C)NC(C)CCS(C)(=O)=O.I. The second-order valence-electron chi connectivity index (χ2n) is 5.59. The normalized spacial score (nSPS) is 13.1. The highest BCUT2D eigenvalue weighted by molar-refractivity contribution is 14.0. The van der Waals surface area contributed by atoms with Gasteiger partial charge in [0, 0.05) is 18.8 Å². The summed E-state index contributed by atoms with van der Waals surface area (Å²) in [6, 6.07) is 8.20. The average Bonchev–Trinajstić information content (AvgIpc) is 2.43. The van der Waals surface area contributed by atoms with E-state index in [0.29, 0.717) is 18.9 Å². The van der Waals surface area contributed by atoms with Crippen LogP contribution in [0.1, 0.15) is 31.4 Å². The van der Waals surface area contributed by atoms with Crippen molar-refractivity contribution in [2.75, 3.05) is 18.6 Å². The van der Waals surface area contributed by atoms with Gasteiger partial charge in [-0.15, -0.1) is 24.0 Å². The molecule has 2 N–H and O–H groups in total. The first-order valence-corrected chi connectivity index (χ1v) is 9.65. The maximum atomic E-state index is 11.2. The lowest BCUT2D eigenvalue weighted by Crippen LogP contribution is -2.42. The minimum Gasteiger partial charge on any atom is -0.357 e. The van der Waals surface area contributed by atoms with Crippen LogP contribution in [0.25, 0.3) is 0 Å². The van der Waals surface area contributed by atoms with E-state index in [1.165, 1.54) is 17.4 Å². The maximum Gasteiger partial charge on any atom is 0.191 e. The molecule has 0 aromatic heterocycles. The molecule has 1 rings (SSSR count). The van der Waals surface area contributed by atoms with E-state index in [9.17, 15) is 8.42 Å². The monoisotopic (exact) mass is 453 g/mol. The number of aryl methyl sites for hydroxylation is 1. The van der Waals surface area contributed by atoms with Crippen LogP contribution in [0.3, 0.4) is 0 Å². The molecule has 1 atom stereocenters. The number of aliphatic imine (C=N–C) groups is 1. The predicted molar refractivity (Wildman–Crippen MR) is 108 cm³/mol. The molecule has 132 valence electrons. The van der Waals surface area contributed by atoms with Gasteiger partial charge in [-0.05, 0) is 38.3 Å². The van der Waals surface area contributed by atoms with Crippen molar-refractivity contribution in [1.82, 2.24) is 10.6 Å². The molecule has 0 bridgehead atoms. The Morgan fingerprint density at radius 3 is 2.52 bits per heavy atom. The zero-order chi connectivity index (χ0) is 16.6. The fraction of sp³-hybridized carbons (Fsp3) is 0.562. The summed E-state index contributed by atoms with van der Waals surface area (Å²) in [6.45, 7) is 7.40. The Bertz CT molecular complexity index is 603. The fourth-order valence-electron chi connectivity index (χ4n) is 1.97. The van der Waals surface area contributed by atoms with Gasteiger partial charge < -0.3 is 10.6 Å². The molecule has 1 unspecified atom stereocenters. The van der Waals surface area contributed by atoms with Gasteiger partial charge in [0.25, 0.3) is 0 Å².